The molecule has 0 atom stereocenters. The fourth-order valence-corrected chi connectivity index (χ4v) is 7.87. The molecule has 9 heteroatoms. The Bertz CT molecular complexity index is 2580. The van der Waals surface area contributed by atoms with Gasteiger partial charge in [-0.15, -0.1) is 0 Å². The van der Waals surface area contributed by atoms with E-state index in [1.54, 1.807) is 24.3 Å². The number of fused-ring (bicyclic) bond motifs is 7. The average molecular weight is 699 g/mol. The number of aromatic nitrogens is 2. The van der Waals surface area contributed by atoms with Gasteiger partial charge in [-0.3, -0.25) is 0 Å². The second kappa shape index (κ2) is 10.4. The van der Waals surface area contributed by atoms with E-state index in [2.05, 4.69) is 0 Å². The molecule has 52 heavy (non-hydrogen) atoms. The molecule has 0 radical (unpaired) electrons. The lowest BCUT2D eigenvalue weighted by Gasteiger charge is -2.24. The monoisotopic (exact) mass is 698 g/mol. The summed E-state index contributed by atoms with van der Waals surface area (Å²) in [5, 5.41) is 4.01. The molecule has 6 aromatic carbocycles. The highest BCUT2D eigenvalue weighted by molar-refractivity contribution is 6.10. The van der Waals surface area contributed by atoms with Gasteiger partial charge in [-0.25, -0.2) is 0 Å². The minimum Gasteiger partial charge on any atom is -0.455 e. The average Bonchev–Trinajstić information content (AvgIpc) is 3.86. The predicted molar refractivity (Wildman–Crippen MR) is 191 cm³/mol. The van der Waals surface area contributed by atoms with Gasteiger partial charge in [-0.2, -0.15) is 26.3 Å². The number of alkyl halides is 6. The highest BCUT2D eigenvalue weighted by Gasteiger charge is 2.81. The summed E-state index contributed by atoms with van der Waals surface area (Å²) in [6.45, 7) is 0. The largest absolute Gasteiger partial charge is 0.455 e. The smallest absolute Gasteiger partial charge is 0.380 e. The number of nitrogens with zero attached hydrogens (tertiary/aromatic N) is 2. The molecule has 0 saturated carbocycles. The highest BCUT2D eigenvalue weighted by Crippen LogP contribution is 2.67. The van der Waals surface area contributed by atoms with Crippen LogP contribution in [0.1, 0.15) is 11.1 Å². The summed E-state index contributed by atoms with van der Waals surface area (Å²) in [5.74, 6) is -17.6. The van der Waals surface area contributed by atoms with Crippen molar-refractivity contribution in [3.05, 3.63) is 157 Å². The molecule has 9 aromatic rings. The van der Waals surface area contributed by atoms with Crippen molar-refractivity contribution in [2.75, 3.05) is 0 Å². The molecule has 3 aromatic heterocycles. The lowest BCUT2D eigenvalue weighted by molar-refractivity contribution is -0.302. The maximum atomic E-state index is 15.6. The van der Waals surface area contributed by atoms with Crippen molar-refractivity contribution >= 4 is 43.6 Å². The fraction of sp³-hybridized carbons (Fsp3) is 0.0698. The summed E-state index contributed by atoms with van der Waals surface area (Å²) in [6, 6.07) is 43.3. The van der Waals surface area contributed by atoms with E-state index < -0.39 is 40.4 Å². The van der Waals surface area contributed by atoms with Crippen LogP contribution in [0.15, 0.2) is 150 Å². The van der Waals surface area contributed by atoms with Gasteiger partial charge in [0.05, 0.1) is 33.2 Å². The molecule has 0 spiro atoms. The standard InChI is InChI=1S/C43H24F6N2O/c44-41(45)37-38(42(46,47)43(41,48)49)40(26-19-23-28(24-20-26)51-35-15-7-3-11-31(35)32-12-4-8-16-36(32)51)52-39(37)25-17-21-27(22-18-25)50-33-13-5-1-9-29(33)30-10-2-6-14-34(30)50/h1-24H. The Hall–Kier alpha value is -6.22. The Morgan fingerprint density at radius 1 is 0.365 bits per heavy atom. The second-order valence-electron chi connectivity index (χ2n) is 13.1. The number of rotatable bonds is 4. The van der Waals surface area contributed by atoms with Gasteiger partial charge >= 0.3 is 17.8 Å². The summed E-state index contributed by atoms with van der Waals surface area (Å²) in [7, 11) is 0. The molecule has 1 aliphatic rings. The van der Waals surface area contributed by atoms with Crippen molar-refractivity contribution < 1.29 is 30.8 Å². The minimum atomic E-state index is -5.68. The lowest BCUT2D eigenvalue weighted by atomic mass is 10.0. The van der Waals surface area contributed by atoms with Crippen LogP contribution in [0.25, 0.3) is 77.6 Å². The summed E-state index contributed by atoms with van der Waals surface area (Å²) < 4.78 is 102. The van der Waals surface area contributed by atoms with Crippen molar-refractivity contribution in [2.45, 2.75) is 17.8 Å². The van der Waals surface area contributed by atoms with Gasteiger partial charge < -0.3 is 13.6 Å². The zero-order valence-electron chi connectivity index (χ0n) is 26.9. The topological polar surface area (TPSA) is 23.0 Å². The minimum absolute atomic E-state index is 0.0397. The maximum absolute atomic E-state index is 15.6. The van der Waals surface area contributed by atoms with Gasteiger partial charge in [0.2, 0.25) is 0 Å². The number of benzene rings is 6. The first-order valence-corrected chi connectivity index (χ1v) is 16.6. The molecule has 0 aliphatic heterocycles. The molecule has 1 aliphatic carbocycles. The first-order valence-electron chi connectivity index (χ1n) is 16.6. The molecule has 0 N–H and O–H groups in total. The summed E-state index contributed by atoms with van der Waals surface area (Å²) in [6.07, 6.45) is 0. The Kier molecular flexibility index (Phi) is 6.13. The molecule has 3 heterocycles. The van der Waals surface area contributed by atoms with Crippen LogP contribution in [0, 0.1) is 0 Å². The van der Waals surface area contributed by atoms with Crippen LogP contribution in [0.2, 0.25) is 0 Å². The van der Waals surface area contributed by atoms with E-state index in [1.807, 2.05) is 106 Å². The first kappa shape index (κ1) is 30.6. The number of hydrogen-bond donors (Lipinski definition) is 0. The van der Waals surface area contributed by atoms with Crippen molar-refractivity contribution in [3.8, 4) is 34.0 Å². The molecule has 254 valence electrons. The Morgan fingerprint density at radius 3 is 0.962 bits per heavy atom. The molecule has 0 fully saturated rings. The third-order valence-electron chi connectivity index (χ3n) is 10.3. The van der Waals surface area contributed by atoms with E-state index in [4.69, 9.17) is 4.42 Å². The Labute approximate surface area is 291 Å². The van der Waals surface area contributed by atoms with E-state index in [0.29, 0.717) is 11.4 Å². The maximum Gasteiger partial charge on any atom is 0.380 e. The van der Waals surface area contributed by atoms with Crippen LogP contribution in [0.4, 0.5) is 26.3 Å². The third kappa shape index (κ3) is 3.88. The summed E-state index contributed by atoms with van der Waals surface area (Å²) in [5.41, 5.74) is 1.81. The van der Waals surface area contributed by atoms with Gasteiger partial charge in [0.15, 0.2) is 0 Å². The van der Waals surface area contributed by atoms with Gasteiger partial charge in [0, 0.05) is 44.0 Å². The fourth-order valence-electron chi connectivity index (χ4n) is 7.87. The number of para-hydroxylation sites is 4. The van der Waals surface area contributed by atoms with E-state index in [0.717, 1.165) is 43.6 Å². The van der Waals surface area contributed by atoms with E-state index >= 15 is 26.3 Å². The molecular formula is C43H24F6N2O. The van der Waals surface area contributed by atoms with Gasteiger partial charge in [0.25, 0.3) is 0 Å². The highest BCUT2D eigenvalue weighted by atomic mass is 19.3. The molecule has 3 nitrogen and oxygen atoms in total. The number of furan rings is 1. The molecule has 0 saturated heterocycles. The van der Waals surface area contributed by atoms with Crippen molar-refractivity contribution in [1.29, 1.82) is 0 Å². The normalized spacial score (nSPS) is 16.0. The SMILES string of the molecule is FC1(F)c2c(-c3ccc(-n4c5ccccc5c5ccccc54)cc3)oc(-c3ccc(-n4c5ccccc5c5ccccc54)cc3)c2C(F)(F)C1(F)F. The van der Waals surface area contributed by atoms with Crippen molar-refractivity contribution in [3.63, 3.8) is 0 Å². The zero-order valence-corrected chi connectivity index (χ0v) is 26.9. The van der Waals surface area contributed by atoms with Crippen LogP contribution in [0.3, 0.4) is 0 Å². The second-order valence-corrected chi connectivity index (χ2v) is 13.1. The van der Waals surface area contributed by atoms with E-state index in [-0.39, 0.29) is 11.1 Å². The third-order valence-corrected chi connectivity index (χ3v) is 10.3. The van der Waals surface area contributed by atoms with E-state index in [1.165, 1.54) is 24.3 Å². The lowest BCUT2D eigenvalue weighted by Crippen LogP contribution is -2.43. The van der Waals surface area contributed by atoms with Crippen molar-refractivity contribution in [2.24, 2.45) is 0 Å². The van der Waals surface area contributed by atoms with Crippen LogP contribution in [-0.4, -0.2) is 15.1 Å². The number of halogens is 6. The van der Waals surface area contributed by atoms with Gasteiger partial charge in [-0.1, -0.05) is 72.8 Å². The first-order chi connectivity index (χ1) is 25.1. The quantitative estimate of drug-likeness (QED) is 0.168. The van der Waals surface area contributed by atoms with Crippen LogP contribution >= 0.6 is 0 Å². The summed E-state index contributed by atoms with van der Waals surface area (Å²) in [4.78, 5) is 0. The molecule has 0 bridgehead atoms. The molecular weight excluding hydrogens is 674 g/mol. The Balaban J connectivity index is 1.13. The van der Waals surface area contributed by atoms with Crippen molar-refractivity contribution in [1.82, 2.24) is 9.13 Å². The van der Waals surface area contributed by atoms with Gasteiger partial charge in [0.1, 0.15) is 11.5 Å². The molecule has 0 unspecified atom stereocenters. The number of hydrogen-bond acceptors (Lipinski definition) is 1. The Morgan fingerprint density at radius 2 is 0.654 bits per heavy atom. The van der Waals surface area contributed by atoms with Gasteiger partial charge in [-0.05, 0) is 72.8 Å². The van der Waals surface area contributed by atoms with Crippen LogP contribution in [0.5, 0.6) is 0 Å². The van der Waals surface area contributed by atoms with E-state index in [9.17, 15) is 0 Å². The predicted octanol–water partition coefficient (Wildman–Crippen LogP) is 12.6. The van der Waals surface area contributed by atoms with Crippen LogP contribution < -0.4 is 0 Å². The van der Waals surface area contributed by atoms with Crippen LogP contribution in [-0.2, 0) is 11.8 Å². The summed E-state index contributed by atoms with van der Waals surface area (Å²) >= 11 is 0. The molecule has 0 amide bonds. The molecule has 10 rings (SSSR count). The zero-order chi connectivity index (χ0) is 35.6.